The molecule has 0 aliphatic heterocycles. The van der Waals surface area contributed by atoms with Gasteiger partial charge in [0, 0.05) is 4.47 Å². The summed E-state index contributed by atoms with van der Waals surface area (Å²) in [5.41, 5.74) is 3.51. The lowest BCUT2D eigenvalue weighted by molar-refractivity contribution is -0.134. The van der Waals surface area contributed by atoms with Crippen LogP contribution in [0.1, 0.15) is 6.92 Å². The lowest BCUT2D eigenvalue weighted by atomic mass is 10.3. The molecule has 6 heteroatoms. The lowest BCUT2D eigenvalue weighted by Gasteiger charge is -2.02. The van der Waals surface area contributed by atoms with E-state index in [4.69, 9.17) is 4.74 Å². The molecule has 0 fully saturated rings. The number of ether oxygens (including phenoxy) is 1. The zero-order valence-electron chi connectivity index (χ0n) is 8.54. The van der Waals surface area contributed by atoms with Crippen molar-refractivity contribution in [2.45, 2.75) is 6.92 Å². The van der Waals surface area contributed by atoms with Gasteiger partial charge < -0.3 is 4.74 Å². The first-order chi connectivity index (χ1) is 7.63. The van der Waals surface area contributed by atoms with E-state index in [-0.39, 0.29) is 4.62 Å². The summed E-state index contributed by atoms with van der Waals surface area (Å²) in [4.78, 5) is 11.2. The summed E-state index contributed by atoms with van der Waals surface area (Å²) in [7, 11) is 0. The Morgan fingerprint density at radius 2 is 2.06 bits per heavy atom. The lowest BCUT2D eigenvalue weighted by Crippen LogP contribution is -2.12. The molecule has 1 rings (SSSR count). The van der Waals surface area contributed by atoms with Crippen molar-refractivity contribution in [2.75, 3.05) is 12.0 Å². The van der Waals surface area contributed by atoms with Gasteiger partial charge in [-0.15, -0.1) is 0 Å². The number of halogens is 2. The number of carbonyl (C=O) groups excluding carboxylic acids is 1. The van der Waals surface area contributed by atoms with Crippen LogP contribution in [0.15, 0.2) is 33.8 Å². The van der Waals surface area contributed by atoms with E-state index in [9.17, 15) is 4.79 Å². The minimum Gasteiger partial charge on any atom is -0.461 e. The monoisotopic (exact) mass is 348 g/mol. The molecule has 16 heavy (non-hydrogen) atoms. The number of hydrogen-bond acceptors (Lipinski definition) is 4. The minimum absolute atomic E-state index is 0.109. The highest BCUT2D eigenvalue weighted by atomic mass is 79.9. The van der Waals surface area contributed by atoms with E-state index < -0.39 is 5.97 Å². The standard InChI is InChI=1S/C10H10Br2N2O2/c1-2-16-10(15)9(12)14-13-8-5-3-7(11)4-6-8/h3-6,13H,2H2,1H3/b14-9+. The van der Waals surface area contributed by atoms with Crippen LogP contribution in [-0.2, 0) is 9.53 Å². The number of esters is 1. The van der Waals surface area contributed by atoms with Crippen LogP contribution < -0.4 is 5.43 Å². The van der Waals surface area contributed by atoms with Gasteiger partial charge in [0.25, 0.3) is 0 Å². The van der Waals surface area contributed by atoms with Crippen LogP contribution >= 0.6 is 31.9 Å². The van der Waals surface area contributed by atoms with Crippen LogP contribution in [0.2, 0.25) is 0 Å². The number of carbonyl (C=O) groups is 1. The first-order valence-corrected chi connectivity index (χ1v) is 6.14. The molecule has 1 aromatic carbocycles. The van der Waals surface area contributed by atoms with E-state index in [0.29, 0.717) is 6.61 Å². The van der Waals surface area contributed by atoms with Gasteiger partial charge in [0.15, 0.2) is 0 Å². The maximum absolute atomic E-state index is 11.2. The summed E-state index contributed by atoms with van der Waals surface area (Å²) < 4.78 is 5.83. The summed E-state index contributed by atoms with van der Waals surface area (Å²) in [6.45, 7) is 2.06. The molecule has 1 aromatic rings. The molecule has 0 saturated heterocycles. The minimum atomic E-state index is -0.493. The summed E-state index contributed by atoms with van der Waals surface area (Å²) in [5.74, 6) is -0.493. The molecule has 0 atom stereocenters. The van der Waals surface area contributed by atoms with Gasteiger partial charge in [-0.25, -0.2) is 4.79 Å². The fourth-order valence-corrected chi connectivity index (χ4v) is 1.34. The number of nitrogens with zero attached hydrogens (tertiary/aromatic N) is 1. The van der Waals surface area contributed by atoms with Crippen molar-refractivity contribution < 1.29 is 9.53 Å². The first-order valence-electron chi connectivity index (χ1n) is 4.55. The molecule has 0 unspecified atom stereocenters. The normalized spacial score (nSPS) is 11.1. The van der Waals surface area contributed by atoms with Crippen LogP contribution in [0.3, 0.4) is 0 Å². The Morgan fingerprint density at radius 3 is 2.62 bits per heavy atom. The van der Waals surface area contributed by atoms with Crippen molar-refractivity contribution in [3.63, 3.8) is 0 Å². The third-order valence-corrected chi connectivity index (χ3v) is 2.60. The molecule has 0 aromatic heterocycles. The second-order valence-corrected chi connectivity index (χ2v) is 4.41. The highest BCUT2D eigenvalue weighted by Gasteiger charge is 2.07. The Kier molecular flexibility index (Phi) is 5.48. The van der Waals surface area contributed by atoms with Crippen molar-refractivity contribution in [3.05, 3.63) is 28.7 Å². The summed E-state index contributed by atoms with van der Waals surface area (Å²) in [6, 6.07) is 7.41. The third-order valence-electron chi connectivity index (χ3n) is 1.57. The Morgan fingerprint density at radius 1 is 1.44 bits per heavy atom. The SMILES string of the molecule is CCOC(=O)/C(Br)=N\Nc1ccc(Br)cc1. The molecule has 0 aliphatic carbocycles. The zero-order chi connectivity index (χ0) is 12.0. The number of benzene rings is 1. The highest BCUT2D eigenvalue weighted by Crippen LogP contribution is 2.14. The number of hydrazone groups is 1. The predicted molar refractivity (Wildman–Crippen MR) is 70.8 cm³/mol. The van der Waals surface area contributed by atoms with E-state index in [1.165, 1.54) is 0 Å². The molecule has 0 heterocycles. The second-order valence-electron chi connectivity index (χ2n) is 2.74. The van der Waals surface area contributed by atoms with Gasteiger partial charge in [0.1, 0.15) is 0 Å². The highest BCUT2D eigenvalue weighted by molar-refractivity contribution is 9.19. The Bertz CT molecular complexity index is 390. The molecule has 0 saturated carbocycles. The Labute approximate surface area is 110 Å². The van der Waals surface area contributed by atoms with Crippen LogP contribution in [-0.4, -0.2) is 17.2 Å². The van der Waals surface area contributed by atoms with E-state index in [2.05, 4.69) is 42.4 Å². The van der Waals surface area contributed by atoms with Crippen LogP contribution in [0.25, 0.3) is 0 Å². The van der Waals surface area contributed by atoms with E-state index >= 15 is 0 Å². The summed E-state index contributed by atoms with van der Waals surface area (Å²) >= 11 is 6.34. The second kappa shape index (κ2) is 6.65. The van der Waals surface area contributed by atoms with Crippen molar-refractivity contribution >= 4 is 48.1 Å². The topological polar surface area (TPSA) is 50.7 Å². The Balaban J connectivity index is 2.58. The summed E-state index contributed by atoms with van der Waals surface area (Å²) in [6.07, 6.45) is 0. The number of nitrogens with one attached hydrogen (secondary N) is 1. The van der Waals surface area contributed by atoms with Gasteiger partial charge in [-0.1, -0.05) is 15.9 Å². The average molecular weight is 350 g/mol. The van der Waals surface area contributed by atoms with Crippen LogP contribution in [0.4, 0.5) is 5.69 Å². The molecule has 0 radical (unpaired) electrons. The maximum atomic E-state index is 11.2. The number of hydrogen-bond donors (Lipinski definition) is 1. The van der Waals surface area contributed by atoms with Gasteiger partial charge in [0.05, 0.1) is 12.3 Å². The quantitative estimate of drug-likeness (QED) is 0.516. The molecule has 1 N–H and O–H groups in total. The molecule has 0 aliphatic rings. The van der Waals surface area contributed by atoms with Crippen molar-refractivity contribution in [2.24, 2.45) is 5.10 Å². The van der Waals surface area contributed by atoms with Gasteiger partial charge in [-0.2, -0.15) is 5.10 Å². The largest absolute Gasteiger partial charge is 0.461 e. The predicted octanol–water partition coefficient (Wildman–Crippen LogP) is 3.13. The van der Waals surface area contributed by atoms with Gasteiger partial charge in [-0.05, 0) is 47.1 Å². The maximum Gasteiger partial charge on any atom is 0.366 e. The van der Waals surface area contributed by atoms with E-state index in [0.717, 1.165) is 10.2 Å². The van der Waals surface area contributed by atoms with E-state index in [1.807, 2.05) is 24.3 Å². The van der Waals surface area contributed by atoms with Crippen molar-refractivity contribution in [1.29, 1.82) is 0 Å². The molecule has 0 amide bonds. The fraction of sp³-hybridized carbons (Fsp3) is 0.200. The van der Waals surface area contributed by atoms with Crippen molar-refractivity contribution in [3.8, 4) is 0 Å². The molecular weight excluding hydrogens is 340 g/mol. The van der Waals surface area contributed by atoms with Crippen molar-refractivity contribution in [1.82, 2.24) is 0 Å². The summed E-state index contributed by atoms with van der Waals surface area (Å²) in [5, 5.41) is 3.84. The average Bonchev–Trinajstić information content (AvgIpc) is 2.28. The molecule has 86 valence electrons. The molecule has 0 bridgehead atoms. The van der Waals surface area contributed by atoms with Crippen LogP contribution in [0.5, 0.6) is 0 Å². The zero-order valence-corrected chi connectivity index (χ0v) is 11.7. The number of rotatable bonds is 4. The van der Waals surface area contributed by atoms with Gasteiger partial charge in [-0.3, -0.25) is 5.43 Å². The third kappa shape index (κ3) is 4.32. The first kappa shape index (κ1) is 13.2. The Hall–Kier alpha value is -0.880. The molecule has 0 spiro atoms. The smallest absolute Gasteiger partial charge is 0.366 e. The number of anilines is 1. The molecular formula is C10H10Br2N2O2. The van der Waals surface area contributed by atoms with E-state index in [1.54, 1.807) is 6.92 Å². The molecule has 4 nitrogen and oxygen atoms in total. The van der Waals surface area contributed by atoms with Crippen LogP contribution in [0, 0.1) is 0 Å². The van der Waals surface area contributed by atoms with Gasteiger partial charge >= 0.3 is 5.97 Å². The fourth-order valence-electron chi connectivity index (χ4n) is 0.874. The van der Waals surface area contributed by atoms with Gasteiger partial charge in [0.2, 0.25) is 4.62 Å².